The van der Waals surface area contributed by atoms with Crippen LogP contribution in [0.2, 0.25) is 0 Å². The van der Waals surface area contributed by atoms with Gasteiger partial charge in [0.25, 0.3) is 0 Å². The van der Waals surface area contributed by atoms with Gasteiger partial charge in [-0.15, -0.1) is 0 Å². The monoisotopic (exact) mass is 433 g/mol. The molecule has 2 aromatic rings. The number of nitrogens with one attached hydrogen (secondary N) is 1. The van der Waals surface area contributed by atoms with Crippen molar-refractivity contribution >= 4 is 17.3 Å². The van der Waals surface area contributed by atoms with Crippen molar-refractivity contribution in [1.29, 1.82) is 0 Å². The molecule has 0 spiro atoms. The van der Waals surface area contributed by atoms with Gasteiger partial charge >= 0.3 is 12.2 Å². The van der Waals surface area contributed by atoms with E-state index in [9.17, 15) is 18.0 Å². The second-order valence-corrected chi connectivity index (χ2v) is 7.72. The van der Waals surface area contributed by atoms with E-state index in [0.29, 0.717) is 31.6 Å². The minimum absolute atomic E-state index is 0.0649. The van der Waals surface area contributed by atoms with Crippen LogP contribution in [0.1, 0.15) is 40.8 Å². The Balaban J connectivity index is 1.63. The number of aryl methyl sites for hydroxylation is 3. The molecule has 2 heterocycles. The van der Waals surface area contributed by atoms with Crippen molar-refractivity contribution < 1.29 is 23.1 Å². The van der Waals surface area contributed by atoms with Crippen molar-refractivity contribution in [2.45, 2.75) is 39.3 Å². The van der Waals surface area contributed by atoms with Crippen LogP contribution in [0, 0.1) is 13.8 Å². The number of aliphatic hydroxyl groups is 1. The molecule has 5 nitrogen and oxygen atoms in total. The molecule has 0 radical (unpaired) electrons. The van der Waals surface area contributed by atoms with Crippen molar-refractivity contribution in [3.05, 3.63) is 64.5 Å². The summed E-state index contributed by atoms with van der Waals surface area (Å²) < 4.78 is 38.7. The maximum Gasteiger partial charge on any atom is 0.416 e. The number of amides is 2. The Morgan fingerprint density at radius 2 is 2.00 bits per heavy atom. The summed E-state index contributed by atoms with van der Waals surface area (Å²) in [7, 11) is 0. The summed E-state index contributed by atoms with van der Waals surface area (Å²) in [5.74, 6) is 0. The van der Waals surface area contributed by atoms with Crippen LogP contribution in [0.15, 0.2) is 36.5 Å². The van der Waals surface area contributed by atoms with Crippen LogP contribution in [-0.4, -0.2) is 40.7 Å². The number of aromatic nitrogens is 1. The standard InChI is InChI=1S/C23H26F3N3O2/c1-15-13-19(5-6-20(15)23(24,25)26)28-22(31)29-9-7-18(8-10-29)21-16(2)12-17(14-27-21)4-3-11-30/h5-7,12-14,30H,3-4,8-11H2,1-2H3,(H,28,31). The highest BCUT2D eigenvalue weighted by Crippen LogP contribution is 2.33. The molecule has 0 atom stereocenters. The van der Waals surface area contributed by atoms with Crippen LogP contribution in [-0.2, 0) is 12.6 Å². The fraction of sp³-hybridized carbons (Fsp3) is 0.391. The first-order chi connectivity index (χ1) is 14.7. The summed E-state index contributed by atoms with van der Waals surface area (Å²) in [4.78, 5) is 18.7. The highest BCUT2D eigenvalue weighted by atomic mass is 19.4. The number of alkyl halides is 3. The first kappa shape index (κ1) is 22.8. The number of carbonyl (C=O) groups excluding carboxylic acids is 1. The van der Waals surface area contributed by atoms with Gasteiger partial charge in [-0.25, -0.2) is 4.79 Å². The SMILES string of the molecule is Cc1cc(NC(=O)N2CC=C(c3ncc(CCCO)cc3C)CC2)ccc1C(F)(F)F. The lowest BCUT2D eigenvalue weighted by Gasteiger charge is -2.27. The fourth-order valence-electron chi connectivity index (χ4n) is 3.72. The van der Waals surface area contributed by atoms with Crippen LogP contribution >= 0.6 is 0 Å². The highest BCUT2D eigenvalue weighted by molar-refractivity contribution is 5.90. The number of pyridine rings is 1. The summed E-state index contributed by atoms with van der Waals surface area (Å²) in [6.45, 7) is 4.41. The molecule has 1 aliphatic heterocycles. The van der Waals surface area contributed by atoms with E-state index in [2.05, 4.69) is 16.4 Å². The molecule has 2 amide bonds. The largest absolute Gasteiger partial charge is 0.416 e. The first-order valence-electron chi connectivity index (χ1n) is 10.2. The Morgan fingerprint density at radius 3 is 2.58 bits per heavy atom. The number of anilines is 1. The minimum Gasteiger partial charge on any atom is -0.396 e. The van der Waals surface area contributed by atoms with Gasteiger partial charge in [-0.3, -0.25) is 4.98 Å². The summed E-state index contributed by atoms with van der Waals surface area (Å²) >= 11 is 0. The van der Waals surface area contributed by atoms with E-state index in [4.69, 9.17) is 5.11 Å². The molecular formula is C23H26F3N3O2. The molecule has 0 saturated carbocycles. The van der Waals surface area contributed by atoms with Gasteiger partial charge in [-0.2, -0.15) is 13.2 Å². The van der Waals surface area contributed by atoms with Gasteiger partial charge in [-0.05, 0) is 73.6 Å². The van der Waals surface area contributed by atoms with E-state index in [1.165, 1.54) is 19.1 Å². The lowest BCUT2D eigenvalue weighted by atomic mass is 9.99. The fourth-order valence-corrected chi connectivity index (χ4v) is 3.72. The third kappa shape index (κ3) is 5.64. The summed E-state index contributed by atoms with van der Waals surface area (Å²) in [5.41, 5.74) is 3.81. The number of rotatable bonds is 5. The zero-order chi connectivity index (χ0) is 22.6. The molecule has 1 aromatic heterocycles. The molecule has 1 aromatic carbocycles. The lowest BCUT2D eigenvalue weighted by Crippen LogP contribution is -2.38. The molecule has 1 aliphatic rings. The number of benzene rings is 1. The predicted molar refractivity (Wildman–Crippen MR) is 114 cm³/mol. The Bertz CT molecular complexity index is 987. The van der Waals surface area contributed by atoms with Crippen LogP contribution in [0.3, 0.4) is 0 Å². The molecule has 8 heteroatoms. The third-order valence-corrected chi connectivity index (χ3v) is 5.34. The third-order valence-electron chi connectivity index (χ3n) is 5.34. The van der Waals surface area contributed by atoms with Crippen LogP contribution in [0.4, 0.5) is 23.7 Å². The van der Waals surface area contributed by atoms with Gasteiger partial charge in [-0.1, -0.05) is 12.1 Å². The molecule has 0 saturated heterocycles. The Kier molecular flexibility index (Phi) is 7.00. The smallest absolute Gasteiger partial charge is 0.396 e. The second-order valence-electron chi connectivity index (χ2n) is 7.72. The Labute approximate surface area is 179 Å². The molecule has 0 fully saturated rings. The van der Waals surface area contributed by atoms with E-state index in [1.807, 2.05) is 19.2 Å². The van der Waals surface area contributed by atoms with E-state index in [1.54, 1.807) is 4.90 Å². The maximum atomic E-state index is 12.9. The molecule has 31 heavy (non-hydrogen) atoms. The van der Waals surface area contributed by atoms with E-state index in [-0.39, 0.29) is 18.2 Å². The Hall–Kier alpha value is -2.87. The number of nitrogens with zero attached hydrogens (tertiary/aromatic N) is 2. The maximum absolute atomic E-state index is 12.9. The number of halogens is 3. The zero-order valence-corrected chi connectivity index (χ0v) is 17.6. The predicted octanol–water partition coefficient (Wildman–Crippen LogP) is 4.96. The number of hydrogen-bond acceptors (Lipinski definition) is 3. The molecular weight excluding hydrogens is 407 g/mol. The quantitative estimate of drug-likeness (QED) is 0.700. The summed E-state index contributed by atoms with van der Waals surface area (Å²) in [6, 6.07) is 5.31. The minimum atomic E-state index is -4.41. The first-order valence-corrected chi connectivity index (χ1v) is 10.2. The van der Waals surface area contributed by atoms with Crippen LogP contribution < -0.4 is 5.32 Å². The molecule has 0 aliphatic carbocycles. The molecule has 166 valence electrons. The van der Waals surface area contributed by atoms with Crippen molar-refractivity contribution in [3.63, 3.8) is 0 Å². The molecule has 0 bridgehead atoms. The average Bonchev–Trinajstić information content (AvgIpc) is 2.71. The number of aliphatic hydroxyl groups excluding tert-OH is 1. The molecule has 0 unspecified atom stereocenters. The van der Waals surface area contributed by atoms with Gasteiger partial charge in [0.05, 0.1) is 11.3 Å². The highest BCUT2D eigenvalue weighted by Gasteiger charge is 2.32. The van der Waals surface area contributed by atoms with Gasteiger partial charge < -0.3 is 15.3 Å². The van der Waals surface area contributed by atoms with Crippen molar-refractivity contribution in [2.24, 2.45) is 0 Å². The summed E-state index contributed by atoms with van der Waals surface area (Å²) in [5, 5.41) is 11.6. The van der Waals surface area contributed by atoms with Gasteiger partial charge in [0.1, 0.15) is 0 Å². The van der Waals surface area contributed by atoms with E-state index >= 15 is 0 Å². The van der Waals surface area contributed by atoms with E-state index < -0.39 is 11.7 Å². The second kappa shape index (κ2) is 9.51. The van der Waals surface area contributed by atoms with Gasteiger partial charge in [0.15, 0.2) is 0 Å². The van der Waals surface area contributed by atoms with Crippen molar-refractivity contribution in [1.82, 2.24) is 9.88 Å². The molecule has 2 N–H and O–H groups in total. The van der Waals surface area contributed by atoms with Gasteiger partial charge in [0, 0.05) is 31.6 Å². The average molecular weight is 433 g/mol. The summed E-state index contributed by atoms with van der Waals surface area (Å²) in [6.07, 6.45) is 1.49. The van der Waals surface area contributed by atoms with E-state index in [0.717, 1.165) is 34.9 Å². The van der Waals surface area contributed by atoms with Crippen molar-refractivity contribution in [2.75, 3.05) is 25.0 Å². The number of hydrogen-bond donors (Lipinski definition) is 2. The van der Waals surface area contributed by atoms with Crippen molar-refractivity contribution in [3.8, 4) is 0 Å². The number of urea groups is 1. The topological polar surface area (TPSA) is 65.5 Å². The number of carbonyl (C=O) groups is 1. The lowest BCUT2D eigenvalue weighted by molar-refractivity contribution is -0.138. The van der Waals surface area contributed by atoms with Gasteiger partial charge in [0.2, 0.25) is 0 Å². The van der Waals surface area contributed by atoms with Crippen LogP contribution in [0.5, 0.6) is 0 Å². The van der Waals surface area contributed by atoms with Crippen LogP contribution in [0.25, 0.3) is 5.57 Å². The Morgan fingerprint density at radius 1 is 1.23 bits per heavy atom. The molecule has 3 rings (SSSR count). The zero-order valence-electron chi connectivity index (χ0n) is 17.6. The normalized spacial score (nSPS) is 14.4.